The fraction of sp³-hybridized carbons (Fsp3) is 1.00. The Morgan fingerprint density at radius 1 is 1.70 bits per heavy atom. The number of ether oxygens (including phenoxy) is 1. The van der Waals surface area contributed by atoms with Gasteiger partial charge in [-0.3, -0.25) is 4.90 Å². The summed E-state index contributed by atoms with van der Waals surface area (Å²) in [5.41, 5.74) is 0. The molecule has 0 aliphatic carbocycles. The van der Waals surface area contributed by atoms with Gasteiger partial charge in [-0.25, -0.2) is 5.11 Å². The first-order valence-corrected chi connectivity index (χ1v) is 3.70. The molecule has 1 fully saturated rings. The third-order valence-corrected chi connectivity index (χ3v) is 1.84. The Balaban J connectivity index is 2.06. The molecular weight excluding hydrogens is 130 g/mol. The molecule has 1 radical (unpaired) electrons. The molecule has 1 aliphatic rings. The summed E-state index contributed by atoms with van der Waals surface area (Å²) in [5, 5.41) is 10.8. The summed E-state index contributed by atoms with van der Waals surface area (Å²) in [4.78, 5) is 2.15. The summed E-state index contributed by atoms with van der Waals surface area (Å²) in [6.45, 7) is 3.32. The molecule has 1 atom stereocenters. The van der Waals surface area contributed by atoms with E-state index in [-0.39, 0.29) is 6.10 Å². The standard InChI is InChI=1S/C7H14NO2/c1-10-5-4-8-3-2-7(9)6-8/h7H,2-6H2,1H3. The second-order valence-corrected chi connectivity index (χ2v) is 2.70. The summed E-state index contributed by atoms with van der Waals surface area (Å²) >= 11 is 0. The fourth-order valence-electron chi connectivity index (χ4n) is 1.22. The van der Waals surface area contributed by atoms with Crippen LogP contribution in [-0.4, -0.2) is 44.4 Å². The first-order chi connectivity index (χ1) is 4.83. The van der Waals surface area contributed by atoms with E-state index in [4.69, 9.17) is 4.74 Å². The van der Waals surface area contributed by atoms with E-state index in [1.165, 1.54) is 0 Å². The van der Waals surface area contributed by atoms with Gasteiger partial charge in [0.25, 0.3) is 0 Å². The predicted molar refractivity (Wildman–Crippen MR) is 37.4 cm³/mol. The van der Waals surface area contributed by atoms with Gasteiger partial charge < -0.3 is 4.74 Å². The lowest BCUT2D eigenvalue weighted by molar-refractivity contribution is 0.0892. The Bertz CT molecular complexity index is 97.6. The Hall–Kier alpha value is -0.120. The molecule has 0 saturated carbocycles. The van der Waals surface area contributed by atoms with Crippen LogP contribution in [0.5, 0.6) is 0 Å². The zero-order valence-electron chi connectivity index (χ0n) is 6.38. The molecule has 1 aliphatic heterocycles. The summed E-state index contributed by atoms with van der Waals surface area (Å²) in [7, 11) is 1.69. The van der Waals surface area contributed by atoms with Gasteiger partial charge >= 0.3 is 0 Å². The van der Waals surface area contributed by atoms with Gasteiger partial charge in [-0.1, -0.05) is 0 Å². The van der Waals surface area contributed by atoms with Crippen molar-refractivity contribution < 1.29 is 9.84 Å². The molecule has 0 bridgehead atoms. The van der Waals surface area contributed by atoms with Crippen LogP contribution in [0.3, 0.4) is 0 Å². The highest BCUT2D eigenvalue weighted by atomic mass is 16.5. The first kappa shape index (κ1) is 7.98. The van der Waals surface area contributed by atoms with E-state index in [2.05, 4.69) is 4.90 Å². The topological polar surface area (TPSA) is 32.4 Å². The quantitative estimate of drug-likeness (QED) is 0.564. The van der Waals surface area contributed by atoms with E-state index in [0.29, 0.717) is 6.54 Å². The molecule has 0 aromatic heterocycles. The minimum Gasteiger partial charge on any atom is -0.383 e. The van der Waals surface area contributed by atoms with Gasteiger partial charge in [0.15, 0.2) is 0 Å². The summed E-state index contributed by atoms with van der Waals surface area (Å²) in [6, 6.07) is 0. The summed E-state index contributed by atoms with van der Waals surface area (Å²) in [6.07, 6.45) is 0.459. The number of likely N-dealkylation sites (tertiary alicyclic amines) is 1. The van der Waals surface area contributed by atoms with Gasteiger partial charge in [0.05, 0.1) is 6.61 Å². The number of hydrogen-bond acceptors (Lipinski definition) is 2. The number of hydrogen-bond donors (Lipinski definition) is 0. The lowest BCUT2D eigenvalue weighted by atomic mass is 10.3. The highest BCUT2D eigenvalue weighted by molar-refractivity contribution is 4.73. The van der Waals surface area contributed by atoms with Crippen LogP contribution in [0.25, 0.3) is 0 Å². The Kier molecular flexibility index (Phi) is 3.12. The van der Waals surface area contributed by atoms with Crippen LogP contribution in [0.4, 0.5) is 0 Å². The van der Waals surface area contributed by atoms with E-state index >= 15 is 0 Å². The molecule has 0 aromatic rings. The molecule has 1 rings (SSSR count). The third kappa shape index (κ3) is 2.25. The highest BCUT2D eigenvalue weighted by Crippen LogP contribution is 2.07. The summed E-state index contributed by atoms with van der Waals surface area (Å²) < 4.78 is 4.90. The van der Waals surface area contributed by atoms with Gasteiger partial charge in [0.2, 0.25) is 0 Å². The lowest BCUT2D eigenvalue weighted by Crippen LogP contribution is -2.25. The van der Waals surface area contributed by atoms with E-state index in [1.54, 1.807) is 7.11 Å². The number of rotatable bonds is 3. The Morgan fingerprint density at radius 2 is 2.50 bits per heavy atom. The van der Waals surface area contributed by atoms with Crippen molar-refractivity contribution in [2.75, 3.05) is 33.4 Å². The minimum atomic E-state index is -0.350. The maximum Gasteiger partial charge on any atom is 0.107 e. The largest absolute Gasteiger partial charge is 0.383 e. The van der Waals surface area contributed by atoms with E-state index in [0.717, 1.165) is 26.1 Å². The van der Waals surface area contributed by atoms with E-state index in [9.17, 15) is 5.11 Å². The fourth-order valence-corrected chi connectivity index (χ4v) is 1.22. The SMILES string of the molecule is COCCN1CCC([O])C1. The van der Waals surface area contributed by atoms with Crippen molar-refractivity contribution in [3.8, 4) is 0 Å². The van der Waals surface area contributed by atoms with Crippen LogP contribution in [0, 0.1) is 0 Å². The van der Waals surface area contributed by atoms with Crippen LogP contribution < -0.4 is 0 Å². The minimum absolute atomic E-state index is 0.350. The molecule has 0 N–H and O–H groups in total. The van der Waals surface area contributed by atoms with Crippen LogP contribution in [0.15, 0.2) is 0 Å². The van der Waals surface area contributed by atoms with Gasteiger partial charge in [0.1, 0.15) is 6.10 Å². The maximum atomic E-state index is 10.8. The molecule has 0 spiro atoms. The number of nitrogens with zero attached hydrogens (tertiary/aromatic N) is 1. The monoisotopic (exact) mass is 144 g/mol. The van der Waals surface area contributed by atoms with Crippen molar-refractivity contribution in [3.05, 3.63) is 0 Å². The zero-order chi connectivity index (χ0) is 7.40. The van der Waals surface area contributed by atoms with Crippen LogP contribution in [-0.2, 0) is 9.84 Å². The van der Waals surface area contributed by atoms with Crippen molar-refractivity contribution in [3.63, 3.8) is 0 Å². The molecule has 3 nitrogen and oxygen atoms in total. The lowest BCUT2D eigenvalue weighted by Gasteiger charge is -2.12. The zero-order valence-corrected chi connectivity index (χ0v) is 6.38. The van der Waals surface area contributed by atoms with Crippen molar-refractivity contribution in [1.82, 2.24) is 4.90 Å². The molecule has 0 aromatic carbocycles. The van der Waals surface area contributed by atoms with Crippen molar-refractivity contribution in [2.45, 2.75) is 12.5 Å². The molecule has 1 saturated heterocycles. The smallest absolute Gasteiger partial charge is 0.107 e. The Labute approximate surface area is 61.6 Å². The molecule has 10 heavy (non-hydrogen) atoms. The Morgan fingerprint density at radius 3 is 3.00 bits per heavy atom. The van der Waals surface area contributed by atoms with Crippen molar-refractivity contribution in [1.29, 1.82) is 0 Å². The van der Waals surface area contributed by atoms with Gasteiger partial charge in [-0.05, 0) is 6.42 Å². The summed E-state index contributed by atoms with van der Waals surface area (Å²) in [5.74, 6) is 0. The molecule has 1 unspecified atom stereocenters. The van der Waals surface area contributed by atoms with Crippen LogP contribution in [0.1, 0.15) is 6.42 Å². The van der Waals surface area contributed by atoms with Crippen molar-refractivity contribution in [2.24, 2.45) is 0 Å². The van der Waals surface area contributed by atoms with Gasteiger partial charge in [0, 0.05) is 26.7 Å². The molecule has 1 heterocycles. The normalized spacial score (nSPS) is 27.6. The molecule has 59 valence electrons. The average molecular weight is 144 g/mol. The molecule has 3 heteroatoms. The first-order valence-electron chi connectivity index (χ1n) is 3.70. The van der Waals surface area contributed by atoms with E-state index < -0.39 is 0 Å². The third-order valence-electron chi connectivity index (χ3n) is 1.84. The van der Waals surface area contributed by atoms with Crippen molar-refractivity contribution >= 4 is 0 Å². The molecule has 0 amide bonds. The van der Waals surface area contributed by atoms with Crippen LogP contribution >= 0.6 is 0 Å². The van der Waals surface area contributed by atoms with Gasteiger partial charge in [-0.15, -0.1) is 0 Å². The molecular formula is C7H14NO2. The highest BCUT2D eigenvalue weighted by Gasteiger charge is 2.20. The second-order valence-electron chi connectivity index (χ2n) is 2.70. The number of methoxy groups -OCH3 is 1. The second kappa shape index (κ2) is 3.91. The van der Waals surface area contributed by atoms with Crippen LogP contribution in [0.2, 0.25) is 0 Å². The van der Waals surface area contributed by atoms with E-state index in [1.807, 2.05) is 0 Å². The van der Waals surface area contributed by atoms with Gasteiger partial charge in [-0.2, -0.15) is 0 Å². The average Bonchev–Trinajstić information content (AvgIpc) is 2.31. The maximum absolute atomic E-state index is 10.8. The predicted octanol–water partition coefficient (Wildman–Crippen LogP) is 0.138.